The summed E-state index contributed by atoms with van der Waals surface area (Å²) < 4.78 is 19.6. The molecule has 1 aromatic rings. The van der Waals surface area contributed by atoms with Crippen molar-refractivity contribution in [2.45, 2.75) is 104 Å². The van der Waals surface area contributed by atoms with Crippen molar-refractivity contribution in [2.24, 2.45) is 17.8 Å². The second kappa shape index (κ2) is 12.5. The summed E-state index contributed by atoms with van der Waals surface area (Å²) >= 11 is 0. The number of aromatic hydroxyl groups is 1. The maximum absolute atomic E-state index is 13.7. The number of allylic oxidation sites excluding steroid dienone is 3. The van der Waals surface area contributed by atoms with Gasteiger partial charge in [-0.25, -0.2) is 4.79 Å². The van der Waals surface area contributed by atoms with Gasteiger partial charge in [0.05, 0.1) is 23.9 Å². The maximum atomic E-state index is 13.7. The van der Waals surface area contributed by atoms with Gasteiger partial charge in [0.2, 0.25) is 0 Å². The van der Waals surface area contributed by atoms with Gasteiger partial charge in [-0.05, 0) is 73.6 Å². The molecule has 2 N–H and O–H groups in total. The molecule has 6 nitrogen and oxygen atoms in total. The second-order valence-corrected chi connectivity index (χ2v) is 12.1. The Morgan fingerprint density at radius 2 is 1.80 bits per heavy atom. The molecule has 40 heavy (non-hydrogen) atoms. The molecule has 2 bridgehead atoms. The van der Waals surface area contributed by atoms with Crippen molar-refractivity contribution in [3.8, 4) is 5.75 Å². The van der Waals surface area contributed by atoms with Crippen molar-refractivity contribution in [1.82, 2.24) is 0 Å². The number of aliphatic hydroxyl groups is 1. The molecule has 0 saturated carbocycles. The van der Waals surface area contributed by atoms with Crippen LogP contribution < -0.4 is 0 Å². The zero-order valence-corrected chi connectivity index (χ0v) is 25.0. The summed E-state index contributed by atoms with van der Waals surface area (Å²) in [6, 6.07) is 3.32. The minimum absolute atomic E-state index is 0.00571. The van der Waals surface area contributed by atoms with Crippen LogP contribution >= 0.6 is 0 Å². The summed E-state index contributed by atoms with van der Waals surface area (Å²) in [4.78, 5) is 13.7. The topological polar surface area (TPSA) is 85.2 Å². The molecular weight excluding hydrogens is 504 g/mol. The normalized spacial score (nSPS) is 37.5. The van der Waals surface area contributed by atoms with Gasteiger partial charge in [-0.2, -0.15) is 0 Å². The molecule has 0 aromatic heterocycles. The Morgan fingerprint density at radius 1 is 1.05 bits per heavy atom. The van der Waals surface area contributed by atoms with E-state index in [1.54, 1.807) is 19.1 Å². The van der Waals surface area contributed by atoms with Crippen LogP contribution in [0.3, 0.4) is 0 Å². The third kappa shape index (κ3) is 6.62. The zero-order valence-electron chi connectivity index (χ0n) is 25.0. The number of esters is 1. The molecule has 0 amide bonds. The number of hydrogen-bond donors (Lipinski definition) is 2. The average molecular weight is 551 g/mol. The van der Waals surface area contributed by atoms with Crippen LogP contribution in [-0.4, -0.2) is 46.4 Å². The number of hydrogen-bond acceptors (Lipinski definition) is 6. The summed E-state index contributed by atoms with van der Waals surface area (Å²) in [5.41, 5.74) is 3.32. The predicted octanol–water partition coefficient (Wildman–Crippen LogP) is 7.05. The Kier molecular flexibility index (Phi) is 9.44. The fourth-order valence-corrected chi connectivity index (χ4v) is 5.97. The van der Waals surface area contributed by atoms with Crippen molar-refractivity contribution in [3.05, 3.63) is 70.9 Å². The van der Waals surface area contributed by atoms with E-state index in [0.29, 0.717) is 41.9 Å². The van der Waals surface area contributed by atoms with Gasteiger partial charge in [0.25, 0.3) is 0 Å². The van der Waals surface area contributed by atoms with Gasteiger partial charge in [0.15, 0.2) is 5.79 Å². The van der Waals surface area contributed by atoms with Gasteiger partial charge in [-0.1, -0.05) is 64.5 Å². The van der Waals surface area contributed by atoms with Crippen molar-refractivity contribution in [1.29, 1.82) is 0 Å². The molecule has 3 heterocycles. The lowest BCUT2D eigenvalue weighted by Gasteiger charge is -2.47. The predicted molar refractivity (Wildman–Crippen MR) is 158 cm³/mol. The van der Waals surface area contributed by atoms with E-state index in [9.17, 15) is 15.0 Å². The molecule has 218 valence electrons. The Morgan fingerprint density at radius 3 is 2.52 bits per heavy atom. The van der Waals surface area contributed by atoms with Crippen LogP contribution in [0.2, 0.25) is 0 Å². The lowest BCUT2D eigenvalue weighted by Crippen LogP contribution is -2.53. The van der Waals surface area contributed by atoms with E-state index in [-0.39, 0.29) is 29.8 Å². The first kappa shape index (κ1) is 30.3. The molecule has 1 saturated heterocycles. The van der Waals surface area contributed by atoms with E-state index < -0.39 is 24.0 Å². The number of aliphatic hydroxyl groups excluding tert-OH is 1. The minimum atomic E-state index is -0.986. The van der Waals surface area contributed by atoms with E-state index in [1.165, 1.54) is 0 Å². The molecule has 1 aromatic carbocycles. The summed E-state index contributed by atoms with van der Waals surface area (Å²) in [5, 5.41) is 21.4. The molecule has 0 radical (unpaired) electrons. The number of carbonyl (C=O) groups excluding carboxylic acids is 1. The fraction of sp³-hybridized carbons (Fsp3) is 0.559. The van der Waals surface area contributed by atoms with Crippen LogP contribution in [0.15, 0.2) is 54.2 Å². The highest BCUT2D eigenvalue weighted by atomic mass is 16.7. The highest BCUT2D eigenvalue weighted by molar-refractivity contribution is 5.96. The molecular formula is C34H46O6. The van der Waals surface area contributed by atoms with Crippen LogP contribution in [0.25, 0.3) is 5.57 Å². The Hall–Kier alpha value is -2.67. The van der Waals surface area contributed by atoms with E-state index in [4.69, 9.17) is 14.2 Å². The van der Waals surface area contributed by atoms with Crippen LogP contribution in [0.4, 0.5) is 0 Å². The largest absolute Gasteiger partial charge is 0.508 e. The highest BCUT2D eigenvalue weighted by Crippen LogP contribution is 2.42. The van der Waals surface area contributed by atoms with E-state index in [2.05, 4.69) is 26.8 Å². The third-order valence-electron chi connectivity index (χ3n) is 8.80. The van der Waals surface area contributed by atoms with Gasteiger partial charge >= 0.3 is 5.97 Å². The summed E-state index contributed by atoms with van der Waals surface area (Å²) in [5.74, 6) is -0.808. The average Bonchev–Trinajstić information content (AvgIpc) is 2.92. The van der Waals surface area contributed by atoms with Gasteiger partial charge < -0.3 is 24.4 Å². The molecule has 8 atom stereocenters. The van der Waals surface area contributed by atoms with Crippen molar-refractivity contribution in [3.63, 3.8) is 0 Å². The van der Waals surface area contributed by atoms with Crippen molar-refractivity contribution < 1.29 is 29.2 Å². The molecule has 1 spiro atoms. The molecule has 3 aliphatic rings. The fourth-order valence-electron chi connectivity index (χ4n) is 5.97. The summed E-state index contributed by atoms with van der Waals surface area (Å²) in [7, 11) is 0. The molecule has 3 aliphatic heterocycles. The number of aryl methyl sites for hydroxylation is 1. The summed E-state index contributed by atoms with van der Waals surface area (Å²) in [6.07, 6.45) is 13.1. The second-order valence-electron chi connectivity index (χ2n) is 12.1. The SMILES string of the molecule is CC[C@H](C)[C@H]1O[C@]2(C=C[C@@H]1C)C[C@@H]1C[C@@H](C/C=C(\C)[C@@H](O)[C@@H](C)/C=C\C=C(/C)c3cc(O)c(C)cc3C(=O)O1)O2. The standard InChI is InChI=1S/C34H46O6/c1-8-20(2)32-24(6)14-15-34(40-32)19-27-17-26(39-34)13-12-23(5)31(36)22(4)11-9-10-21(3)28-18-30(35)25(7)16-29(28)33(37)38-27/h9-12,14-16,18,20,22,24,26-27,31-32,35-36H,8,13,17,19H2,1-7H3/b11-9-,21-10+,23-12+/t20-,22-,24-,26+,27-,31-,32+,34+/m0/s1. The number of phenols is 1. The number of ether oxygens (including phenoxy) is 3. The number of phenolic OH excluding ortho intramolecular Hbond substituents is 1. The molecule has 6 heteroatoms. The van der Waals surface area contributed by atoms with E-state index in [1.807, 2.05) is 51.2 Å². The van der Waals surface area contributed by atoms with Crippen LogP contribution in [0.1, 0.15) is 88.7 Å². The Balaban J connectivity index is 1.76. The van der Waals surface area contributed by atoms with Gasteiger partial charge in [-0.3, -0.25) is 0 Å². The minimum Gasteiger partial charge on any atom is -0.508 e. The monoisotopic (exact) mass is 550 g/mol. The molecule has 4 rings (SSSR count). The Bertz CT molecular complexity index is 1210. The number of fused-ring (bicyclic) bond motifs is 3. The zero-order chi connectivity index (χ0) is 29.2. The van der Waals surface area contributed by atoms with Crippen molar-refractivity contribution in [2.75, 3.05) is 0 Å². The van der Waals surface area contributed by atoms with Crippen LogP contribution in [-0.2, 0) is 14.2 Å². The van der Waals surface area contributed by atoms with Crippen LogP contribution in [0, 0.1) is 24.7 Å². The molecule has 0 aliphatic carbocycles. The maximum Gasteiger partial charge on any atom is 0.339 e. The number of carbonyl (C=O) groups is 1. The number of benzene rings is 1. The third-order valence-corrected chi connectivity index (χ3v) is 8.80. The van der Waals surface area contributed by atoms with Crippen LogP contribution in [0.5, 0.6) is 5.75 Å². The van der Waals surface area contributed by atoms with E-state index >= 15 is 0 Å². The first-order valence-electron chi connectivity index (χ1n) is 14.7. The highest BCUT2D eigenvalue weighted by Gasteiger charge is 2.47. The molecule has 1 fully saturated rings. The summed E-state index contributed by atoms with van der Waals surface area (Å²) in [6.45, 7) is 14.1. The smallest absolute Gasteiger partial charge is 0.339 e. The van der Waals surface area contributed by atoms with Gasteiger partial charge in [0.1, 0.15) is 11.9 Å². The first-order chi connectivity index (χ1) is 18.9. The lowest BCUT2D eigenvalue weighted by atomic mass is 9.86. The number of rotatable bonds is 2. The van der Waals surface area contributed by atoms with E-state index in [0.717, 1.165) is 17.6 Å². The first-order valence-corrected chi connectivity index (χ1v) is 14.7. The van der Waals surface area contributed by atoms with Gasteiger partial charge in [0, 0.05) is 24.7 Å². The van der Waals surface area contributed by atoms with Crippen molar-refractivity contribution >= 4 is 11.5 Å². The Labute approximate surface area is 239 Å². The quantitative estimate of drug-likeness (QED) is 0.303. The van der Waals surface area contributed by atoms with Gasteiger partial charge in [-0.15, -0.1) is 0 Å². The molecule has 0 unspecified atom stereocenters. The lowest BCUT2D eigenvalue weighted by molar-refractivity contribution is -0.298.